The molecule has 0 bridgehead atoms. The van der Waals surface area contributed by atoms with Crippen molar-refractivity contribution in [2.75, 3.05) is 0 Å². The van der Waals surface area contributed by atoms with Crippen LogP contribution in [-0.2, 0) is 16.1 Å². The predicted octanol–water partition coefficient (Wildman–Crippen LogP) is 5.03. The van der Waals surface area contributed by atoms with Crippen molar-refractivity contribution in [1.82, 2.24) is 10.3 Å². The highest BCUT2D eigenvalue weighted by Crippen LogP contribution is 2.28. The van der Waals surface area contributed by atoms with Gasteiger partial charge >= 0.3 is 5.97 Å². The number of fused-ring (bicyclic) bond motifs is 1. The summed E-state index contributed by atoms with van der Waals surface area (Å²) < 4.78 is 5.66. The molecule has 7 heteroatoms. The lowest BCUT2D eigenvalue weighted by Gasteiger charge is -2.09. The summed E-state index contributed by atoms with van der Waals surface area (Å²) >= 11 is 5.85. The van der Waals surface area contributed by atoms with Crippen LogP contribution < -0.4 is 5.32 Å². The Bertz CT molecular complexity index is 1240. The van der Waals surface area contributed by atoms with E-state index in [-0.39, 0.29) is 11.8 Å². The minimum Gasteiger partial charge on any atom is -0.480 e. The molecule has 160 valence electrons. The first kappa shape index (κ1) is 21.3. The molecule has 1 aromatic heterocycles. The van der Waals surface area contributed by atoms with Crippen molar-refractivity contribution in [2.45, 2.75) is 12.5 Å². The third-order valence-corrected chi connectivity index (χ3v) is 5.13. The number of hydrogen-bond acceptors (Lipinski definition) is 4. The maximum absolute atomic E-state index is 12.1. The third-order valence-electron chi connectivity index (χ3n) is 4.88. The minimum atomic E-state index is -1.05. The fourth-order valence-corrected chi connectivity index (χ4v) is 3.35. The number of halogens is 1. The minimum absolute atomic E-state index is 0.128. The van der Waals surface area contributed by atoms with E-state index < -0.39 is 11.9 Å². The molecule has 0 radical (unpaired) electrons. The van der Waals surface area contributed by atoms with E-state index in [9.17, 15) is 14.7 Å². The largest absolute Gasteiger partial charge is 0.480 e. The summed E-state index contributed by atoms with van der Waals surface area (Å²) in [5.74, 6) is -2.19. The number of hydrogen-bond donors (Lipinski definition) is 2. The average molecular weight is 447 g/mol. The van der Waals surface area contributed by atoms with Crippen LogP contribution in [0.2, 0.25) is 5.02 Å². The summed E-state index contributed by atoms with van der Waals surface area (Å²) in [6.07, 6.45) is 3.09. The lowest BCUT2D eigenvalue weighted by Crippen LogP contribution is -2.20. The van der Waals surface area contributed by atoms with Crippen molar-refractivity contribution in [3.8, 4) is 0 Å². The lowest BCUT2D eigenvalue weighted by molar-refractivity contribution is -0.138. The smallest absolute Gasteiger partial charge is 0.320 e. The average Bonchev–Trinajstić information content (AvgIpc) is 3.21. The van der Waals surface area contributed by atoms with Crippen LogP contribution in [0.15, 0.2) is 83.3 Å². The first-order chi connectivity index (χ1) is 15.5. The fourth-order valence-electron chi connectivity index (χ4n) is 3.23. The normalized spacial score (nSPS) is 12.2. The highest BCUT2D eigenvalue weighted by molar-refractivity contribution is 6.30. The Morgan fingerprint density at radius 2 is 1.75 bits per heavy atom. The van der Waals surface area contributed by atoms with Gasteiger partial charge in [-0.25, -0.2) is 4.98 Å². The molecule has 0 saturated heterocycles. The number of nitrogens with one attached hydrogen (secondary N) is 1. The van der Waals surface area contributed by atoms with Crippen LogP contribution in [-0.4, -0.2) is 22.0 Å². The van der Waals surface area contributed by atoms with Gasteiger partial charge in [-0.05, 0) is 47.0 Å². The van der Waals surface area contributed by atoms with Crippen molar-refractivity contribution in [1.29, 1.82) is 0 Å². The van der Waals surface area contributed by atoms with Crippen molar-refractivity contribution in [3.05, 3.63) is 106 Å². The molecular formula is C25H19ClN2O4. The van der Waals surface area contributed by atoms with Gasteiger partial charge in [-0.3, -0.25) is 9.59 Å². The quantitative estimate of drug-likeness (QED) is 0.388. The number of carboxylic acids is 1. The molecule has 0 fully saturated rings. The SMILES string of the molecule is O=C(C=Cc1ccc(C(C(=O)O)c2nc3ccccc3o2)cc1)NCc1ccc(Cl)cc1. The number of carbonyl (C=O) groups excluding carboxylic acids is 1. The molecule has 6 nitrogen and oxygen atoms in total. The fraction of sp³-hybridized carbons (Fsp3) is 0.0800. The zero-order chi connectivity index (χ0) is 22.5. The molecule has 3 aromatic carbocycles. The zero-order valence-electron chi connectivity index (χ0n) is 16.9. The number of aromatic nitrogens is 1. The Kier molecular flexibility index (Phi) is 6.33. The van der Waals surface area contributed by atoms with E-state index in [2.05, 4.69) is 10.3 Å². The number of carboxylic acid groups (broad SMARTS) is 1. The molecule has 4 aromatic rings. The molecule has 0 spiro atoms. The Hall–Kier alpha value is -3.90. The number of aliphatic carboxylic acids is 1. The van der Waals surface area contributed by atoms with Crippen molar-refractivity contribution < 1.29 is 19.1 Å². The van der Waals surface area contributed by atoms with Gasteiger partial charge in [-0.2, -0.15) is 0 Å². The summed E-state index contributed by atoms with van der Waals surface area (Å²) in [5, 5.41) is 13.2. The number of para-hydroxylation sites is 2. The van der Waals surface area contributed by atoms with Crippen LogP contribution >= 0.6 is 11.6 Å². The monoisotopic (exact) mass is 446 g/mol. The number of nitrogens with zero attached hydrogens (tertiary/aromatic N) is 1. The van der Waals surface area contributed by atoms with Crippen LogP contribution in [0.4, 0.5) is 0 Å². The summed E-state index contributed by atoms with van der Waals surface area (Å²) in [4.78, 5) is 28.3. The maximum Gasteiger partial charge on any atom is 0.320 e. The van der Waals surface area contributed by atoms with Gasteiger partial charge in [0.05, 0.1) is 0 Å². The van der Waals surface area contributed by atoms with Crippen LogP contribution in [0.1, 0.15) is 28.5 Å². The number of oxazole rings is 1. The van der Waals surface area contributed by atoms with Gasteiger partial charge in [0.2, 0.25) is 11.8 Å². The van der Waals surface area contributed by atoms with E-state index in [0.717, 1.165) is 11.1 Å². The van der Waals surface area contributed by atoms with E-state index in [1.165, 1.54) is 6.08 Å². The summed E-state index contributed by atoms with van der Waals surface area (Å²) in [7, 11) is 0. The highest BCUT2D eigenvalue weighted by atomic mass is 35.5. The van der Waals surface area contributed by atoms with E-state index in [1.807, 2.05) is 18.2 Å². The van der Waals surface area contributed by atoms with Gasteiger partial charge in [-0.15, -0.1) is 0 Å². The molecule has 0 aliphatic carbocycles. The Balaban J connectivity index is 1.43. The van der Waals surface area contributed by atoms with Gasteiger partial charge in [0, 0.05) is 17.6 Å². The van der Waals surface area contributed by atoms with Gasteiger partial charge in [0.15, 0.2) is 11.5 Å². The van der Waals surface area contributed by atoms with Crippen LogP contribution in [0.5, 0.6) is 0 Å². The first-order valence-corrected chi connectivity index (χ1v) is 10.3. The van der Waals surface area contributed by atoms with Gasteiger partial charge < -0.3 is 14.8 Å². The van der Waals surface area contributed by atoms with Crippen molar-refractivity contribution in [2.24, 2.45) is 0 Å². The van der Waals surface area contributed by atoms with E-state index in [4.69, 9.17) is 16.0 Å². The van der Waals surface area contributed by atoms with Crippen LogP contribution in [0.3, 0.4) is 0 Å². The molecule has 1 atom stereocenters. The van der Waals surface area contributed by atoms with Crippen molar-refractivity contribution >= 4 is 40.7 Å². The van der Waals surface area contributed by atoms with Gasteiger partial charge in [0.1, 0.15) is 5.52 Å². The Morgan fingerprint density at radius 3 is 2.44 bits per heavy atom. The molecule has 1 heterocycles. The van der Waals surface area contributed by atoms with Gasteiger partial charge in [-0.1, -0.05) is 60.1 Å². The third kappa shape index (κ3) is 5.04. The summed E-state index contributed by atoms with van der Waals surface area (Å²) in [6.45, 7) is 0.393. The van der Waals surface area contributed by atoms with E-state index in [1.54, 1.807) is 60.7 Å². The maximum atomic E-state index is 12.1. The topological polar surface area (TPSA) is 92.4 Å². The molecular weight excluding hydrogens is 428 g/mol. The molecule has 32 heavy (non-hydrogen) atoms. The molecule has 0 aliphatic heterocycles. The molecule has 2 N–H and O–H groups in total. The van der Waals surface area contributed by atoms with E-state index in [0.29, 0.717) is 28.2 Å². The van der Waals surface area contributed by atoms with Crippen LogP contribution in [0, 0.1) is 0 Å². The summed E-state index contributed by atoms with van der Waals surface area (Å²) in [6, 6.07) is 21.3. The number of rotatable bonds is 7. The predicted molar refractivity (Wildman–Crippen MR) is 122 cm³/mol. The second-order valence-electron chi connectivity index (χ2n) is 7.14. The van der Waals surface area contributed by atoms with Gasteiger partial charge in [0.25, 0.3) is 0 Å². The Morgan fingerprint density at radius 1 is 1.03 bits per heavy atom. The first-order valence-electron chi connectivity index (χ1n) is 9.88. The zero-order valence-corrected chi connectivity index (χ0v) is 17.6. The molecule has 1 unspecified atom stereocenters. The number of carbonyl (C=O) groups is 2. The molecule has 0 aliphatic rings. The highest BCUT2D eigenvalue weighted by Gasteiger charge is 2.27. The van der Waals surface area contributed by atoms with Crippen molar-refractivity contribution in [3.63, 3.8) is 0 Å². The Labute approximate surface area is 189 Å². The summed E-state index contributed by atoms with van der Waals surface area (Å²) in [5.41, 5.74) is 3.39. The van der Waals surface area contributed by atoms with Crippen LogP contribution in [0.25, 0.3) is 17.2 Å². The lowest BCUT2D eigenvalue weighted by atomic mass is 9.98. The molecule has 0 saturated carbocycles. The molecule has 4 rings (SSSR count). The molecule has 1 amide bonds. The standard InChI is InChI=1S/C25H19ClN2O4/c26-19-12-7-17(8-13-19)15-27-22(29)14-9-16-5-10-18(11-6-16)23(25(30)31)24-28-20-3-1-2-4-21(20)32-24/h1-14,23H,15H2,(H,27,29)(H,30,31). The second-order valence-corrected chi connectivity index (χ2v) is 7.57. The van der Waals surface area contributed by atoms with E-state index >= 15 is 0 Å². The number of amides is 1. The number of benzene rings is 3. The second kappa shape index (κ2) is 9.49.